The molecule has 0 aliphatic carbocycles. The van der Waals surface area contributed by atoms with Crippen LogP contribution in [0.3, 0.4) is 0 Å². The van der Waals surface area contributed by atoms with Crippen molar-refractivity contribution in [2.75, 3.05) is 18.9 Å². The van der Waals surface area contributed by atoms with E-state index in [1.165, 1.54) is 12.1 Å². The van der Waals surface area contributed by atoms with Crippen LogP contribution in [0.15, 0.2) is 48.7 Å². The van der Waals surface area contributed by atoms with E-state index in [4.69, 9.17) is 38.8 Å². The molecule has 0 radical (unpaired) electrons. The Bertz CT molecular complexity index is 1110. The van der Waals surface area contributed by atoms with E-state index < -0.39 is 11.9 Å². The van der Waals surface area contributed by atoms with Gasteiger partial charge in [-0.1, -0.05) is 35.3 Å². The molecule has 0 spiro atoms. The molecule has 0 aliphatic heterocycles. The van der Waals surface area contributed by atoms with Crippen molar-refractivity contribution in [1.29, 1.82) is 0 Å². The van der Waals surface area contributed by atoms with Gasteiger partial charge < -0.3 is 20.9 Å². The topological polar surface area (TPSA) is 97.5 Å². The van der Waals surface area contributed by atoms with Gasteiger partial charge in [-0.3, -0.25) is 4.79 Å². The maximum Gasteiger partial charge on any atom is 0.251 e. The number of anilines is 1. The summed E-state index contributed by atoms with van der Waals surface area (Å²) in [6, 6.07) is 11.2. The van der Waals surface area contributed by atoms with Crippen LogP contribution in [0.1, 0.15) is 35.4 Å². The van der Waals surface area contributed by atoms with Gasteiger partial charge in [-0.15, -0.1) is 0 Å². The van der Waals surface area contributed by atoms with E-state index in [1.54, 1.807) is 43.5 Å². The van der Waals surface area contributed by atoms with Crippen LogP contribution in [0.25, 0.3) is 11.1 Å². The Kier molecular flexibility index (Phi) is 7.90. The summed E-state index contributed by atoms with van der Waals surface area (Å²) in [6.45, 7) is 2.10. The van der Waals surface area contributed by atoms with Gasteiger partial charge in [0.2, 0.25) is 0 Å². The maximum absolute atomic E-state index is 13.9. The number of nitrogen functional groups attached to an aromatic ring is 1. The van der Waals surface area contributed by atoms with Gasteiger partial charge in [-0.25, -0.2) is 9.37 Å². The van der Waals surface area contributed by atoms with Crippen molar-refractivity contribution < 1.29 is 19.0 Å². The number of halogens is 3. The molecule has 0 fully saturated rings. The molecule has 32 heavy (non-hydrogen) atoms. The average Bonchev–Trinajstić information content (AvgIpc) is 2.78. The first kappa shape index (κ1) is 23.8. The van der Waals surface area contributed by atoms with Crippen molar-refractivity contribution >= 4 is 34.9 Å². The van der Waals surface area contributed by atoms with Gasteiger partial charge in [0.25, 0.3) is 5.91 Å². The normalized spacial score (nSPS) is 11.8. The molecule has 9 heteroatoms. The molecule has 3 aromatic rings. The van der Waals surface area contributed by atoms with E-state index in [1.807, 2.05) is 0 Å². The molecule has 3 rings (SSSR count). The van der Waals surface area contributed by atoms with Gasteiger partial charge >= 0.3 is 0 Å². The van der Waals surface area contributed by atoms with Gasteiger partial charge in [0.15, 0.2) is 11.6 Å². The molecule has 1 unspecified atom stereocenters. The molecule has 168 valence electrons. The second-order valence-electron chi connectivity index (χ2n) is 7.03. The second kappa shape index (κ2) is 10.6. The lowest BCUT2D eigenvalue weighted by molar-refractivity contribution is 0.0951. The van der Waals surface area contributed by atoms with Crippen molar-refractivity contribution in [2.45, 2.75) is 19.4 Å². The number of benzene rings is 2. The summed E-state index contributed by atoms with van der Waals surface area (Å²) in [5, 5.41) is 11.7. The number of carbonyl (C=O) groups is 1. The van der Waals surface area contributed by atoms with Crippen LogP contribution < -0.4 is 15.8 Å². The van der Waals surface area contributed by atoms with Crippen LogP contribution >= 0.6 is 23.2 Å². The van der Waals surface area contributed by atoms with Crippen molar-refractivity contribution in [3.05, 3.63) is 75.7 Å². The molecule has 4 N–H and O–H groups in total. The van der Waals surface area contributed by atoms with Crippen LogP contribution in [0.5, 0.6) is 5.75 Å². The molecule has 2 aromatic carbocycles. The molecule has 0 saturated heterocycles. The number of nitrogens with one attached hydrogen (secondary N) is 1. The second-order valence-corrected chi connectivity index (χ2v) is 7.82. The van der Waals surface area contributed by atoms with E-state index in [9.17, 15) is 9.18 Å². The van der Waals surface area contributed by atoms with E-state index in [0.29, 0.717) is 29.7 Å². The molecule has 1 aromatic heterocycles. The zero-order chi connectivity index (χ0) is 23.3. The molecular formula is C23H22Cl2FN3O3. The lowest BCUT2D eigenvalue weighted by Gasteiger charge is -2.19. The molecule has 1 atom stereocenters. The number of hydrogen-bond acceptors (Lipinski definition) is 5. The standard InChI is InChI=1S/C23H22Cl2FN3O3/c1-13(20-17(24)7-8-18(26)21(20)25)32-19-11-16(12-29-22(19)27)14-3-5-15(6-4-14)23(31)28-9-2-10-30/h3-8,11-13,30H,2,9-10H2,1H3,(H2,27,29)(H,28,31). The Morgan fingerprint density at radius 2 is 1.94 bits per heavy atom. The molecule has 0 saturated carbocycles. The highest BCUT2D eigenvalue weighted by Gasteiger charge is 2.20. The van der Waals surface area contributed by atoms with Crippen LogP contribution in [0.2, 0.25) is 10.0 Å². The average molecular weight is 478 g/mol. The van der Waals surface area contributed by atoms with Gasteiger partial charge in [0, 0.05) is 41.1 Å². The number of aliphatic hydroxyl groups is 1. The largest absolute Gasteiger partial charge is 0.482 e. The SMILES string of the molecule is CC(Oc1cc(-c2ccc(C(=O)NCCCO)cc2)cnc1N)c1c(Cl)ccc(F)c1Cl. The molecule has 1 heterocycles. The van der Waals surface area contributed by atoms with Gasteiger partial charge in [0.05, 0.1) is 5.02 Å². The first-order valence-electron chi connectivity index (χ1n) is 9.87. The van der Waals surface area contributed by atoms with E-state index in [0.717, 1.165) is 5.56 Å². The number of ether oxygens (including phenoxy) is 1. The van der Waals surface area contributed by atoms with Crippen LogP contribution in [0.4, 0.5) is 10.2 Å². The number of aromatic nitrogens is 1. The number of hydrogen-bond donors (Lipinski definition) is 3. The summed E-state index contributed by atoms with van der Waals surface area (Å²) in [5.74, 6) is -0.370. The summed E-state index contributed by atoms with van der Waals surface area (Å²) in [4.78, 5) is 16.3. The van der Waals surface area contributed by atoms with Crippen molar-refractivity contribution in [3.8, 4) is 16.9 Å². The molecule has 6 nitrogen and oxygen atoms in total. The third-order valence-electron chi connectivity index (χ3n) is 4.77. The minimum absolute atomic E-state index is 0.0179. The Morgan fingerprint density at radius 3 is 2.62 bits per heavy atom. The fraction of sp³-hybridized carbons (Fsp3) is 0.217. The summed E-state index contributed by atoms with van der Waals surface area (Å²) >= 11 is 12.3. The Morgan fingerprint density at radius 1 is 1.22 bits per heavy atom. The van der Waals surface area contributed by atoms with Crippen LogP contribution in [-0.2, 0) is 0 Å². The minimum Gasteiger partial charge on any atom is -0.482 e. The van der Waals surface area contributed by atoms with Crippen molar-refractivity contribution in [2.24, 2.45) is 0 Å². The summed E-state index contributed by atoms with van der Waals surface area (Å²) in [5.41, 5.74) is 8.29. The van der Waals surface area contributed by atoms with Crippen molar-refractivity contribution in [3.63, 3.8) is 0 Å². The van der Waals surface area contributed by atoms with Crippen molar-refractivity contribution in [1.82, 2.24) is 10.3 Å². The van der Waals surface area contributed by atoms with E-state index >= 15 is 0 Å². The fourth-order valence-corrected chi connectivity index (χ4v) is 3.75. The van der Waals surface area contributed by atoms with Gasteiger partial charge in [0.1, 0.15) is 11.9 Å². The Balaban J connectivity index is 1.80. The van der Waals surface area contributed by atoms with E-state index in [2.05, 4.69) is 10.3 Å². The van der Waals surface area contributed by atoms with Gasteiger partial charge in [-0.05, 0) is 49.2 Å². The number of nitrogens with zero attached hydrogens (tertiary/aromatic N) is 1. The number of rotatable bonds is 8. The van der Waals surface area contributed by atoms with E-state index in [-0.39, 0.29) is 34.1 Å². The lowest BCUT2D eigenvalue weighted by atomic mass is 10.0. The van der Waals surface area contributed by atoms with Crippen LogP contribution in [0, 0.1) is 5.82 Å². The fourth-order valence-electron chi connectivity index (χ4n) is 3.07. The summed E-state index contributed by atoms with van der Waals surface area (Å²) in [6.07, 6.45) is 1.40. The number of aliphatic hydroxyl groups excluding tert-OH is 1. The minimum atomic E-state index is -0.685. The zero-order valence-electron chi connectivity index (χ0n) is 17.2. The maximum atomic E-state index is 13.9. The number of amides is 1. The number of pyridine rings is 1. The van der Waals surface area contributed by atoms with Gasteiger partial charge in [-0.2, -0.15) is 0 Å². The quantitative estimate of drug-likeness (QED) is 0.312. The summed E-state index contributed by atoms with van der Waals surface area (Å²) in [7, 11) is 0. The molecule has 0 aliphatic rings. The predicted molar refractivity (Wildman–Crippen MR) is 124 cm³/mol. The Labute approximate surface area is 195 Å². The zero-order valence-corrected chi connectivity index (χ0v) is 18.8. The third kappa shape index (κ3) is 5.48. The Hall–Kier alpha value is -2.87. The predicted octanol–water partition coefficient (Wildman–Crippen LogP) is 5.03. The monoisotopic (exact) mass is 477 g/mol. The third-order valence-corrected chi connectivity index (χ3v) is 5.49. The highest BCUT2D eigenvalue weighted by atomic mass is 35.5. The summed E-state index contributed by atoms with van der Waals surface area (Å²) < 4.78 is 19.8. The first-order chi connectivity index (χ1) is 15.3. The molecular weight excluding hydrogens is 456 g/mol. The van der Waals surface area contributed by atoms with Crippen LogP contribution in [-0.4, -0.2) is 29.1 Å². The highest BCUT2D eigenvalue weighted by molar-refractivity contribution is 6.36. The highest BCUT2D eigenvalue weighted by Crippen LogP contribution is 2.37. The molecule has 1 amide bonds. The first-order valence-corrected chi connectivity index (χ1v) is 10.6. The molecule has 0 bridgehead atoms. The lowest BCUT2D eigenvalue weighted by Crippen LogP contribution is -2.24. The smallest absolute Gasteiger partial charge is 0.251 e. The number of carbonyl (C=O) groups excluding carboxylic acids is 1. The number of nitrogens with two attached hydrogens (primary N) is 1.